The normalized spacial score (nSPS) is 13.8. The molecular formula is C19H22N2O4. The van der Waals surface area contributed by atoms with E-state index in [0.717, 1.165) is 0 Å². The van der Waals surface area contributed by atoms with Crippen molar-refractivity contribution in [3.05, 3.63) is 59.7 Å². The highest BCUT2D eigenvalue weighted by Crippen LogP contribution is 2.44. The van der Waals surface area contributed by atoms with E-state index >= 15 is 0 Å². The van der Waals surface area contributed by atoms with Crippen LogP contribution in [0.5, 0.6) is 0 Å². The van der Waals surface area contributed by atoms with Gasteiger partial charge in [-0.3, -0.25) is 5.32 Å². The minimum absolute atomic E-state index is 0.0417. The van der Waals surface area contributed by atoms with E-state index in [1.165, 1.54) is 22.3 Å². The van der Waals surface area contributed by atoms with Crippen molar-refractivity contribution in [2.75, 3.05) is 19.8 Å². The van der Waals surface area contributed by atoms with Crippen LogP contribution in [0.3, 0.4) is 0 Å². The number of carbonyl (C=O) groups is 1. The molecule has 2 aromatic carbocycles. The molecule has 0 spiro atoms. The Morgan fingerprint density at radius 3 is 2.28 bits per heavy atom. The third-order valence-electron chi connectivity index (χ3n) is 4.23. The van der Waals surface area contributed by atoms with Gasteiger partial charge in [0.1, 0.15) is 12.8 Å². The van der Waals surface area contributed by atoms with Crippen molar-refractivity contribution in [3.63, 3.8) is 0 Å². The number of ether oxygens (including phenoxy) is 2. The van der Waals surface area contributed by atoms with Crippen molar-refractivity contribution in [1.82, 2.24) is 5.32 Å². The molecule has 2 aromatic rings. The first-order chi connectivity index (χ1) is 12.2. The van der Waals surface area contributed by atoms with Crippen LogP contribution in [0.25, 0.3) is 11.1 Å². The molecule has 0 aromatic heterocycles. The summed E-state index contributed by atoms with van der Waals surface area (Å²) in [5, 5.41) is 2.63. The van der Waals surface area contributed by atoms with Crippen molar-refractivity contribution < 1.29 is 19.1 Å². The number of amides is 1. The maximum absolute atomic E-state index is 12.0. The molecule has 0 radical (unpaired) electrons. The number of nitrogens with two attached hydrogens (primary N) is 1. The third kappa shape index (κ3) is 3.99. The van der Waals surface area contributed by atoms with Gasteiger partial charge in [0.05, 0.1) is 13.2 Å². The van der Waals surface area contributed by atoms with Crippen LogP contribution in [0.2, 0.25) is 0 Å². The van der Waals surface area contributed by atoms with Gasteiger partial charge in [-0.25, -0.2) is 10.7 Å². The number of hydrogen-bond acceptors (Lipinski definition) is 5. The number of fused-ring (bicyclic) bond motifs is 3. The molecule has 132 valence electrons. The van der Waals surface area contributed by atoms with Gasteiger partial charge in [-0.05, 0) is 29.2 Å². The van der Waals surface area contributed by atoms with E-state index in [-0.39, 0.29) is 19.1 Å². The van der Waals surface area contributed by atoms with E-state index in [1.807, 2.05) is 24.3 Å². The van der Waals surface area contributed by atoms with Crippen LogP contribution in [0, 0.1) is 0 Å². The Morgan fingerprint density at radius 1 is 1.08 bits per heavy atom. The molecule has 0 saturated heterocycles. The zero-order chi connectivity index (χ0) is 17.6. The Bertz CT molecular complexity index is 689. The monoisotopic (exact) mass is 342 g/mol. The van der Waals surface area contributed by atoms with E-state index in [2.05, 4.69) is 34.4 Å². The second-order valence-electron chi connectivity index (χ2n) is 5.85. The second kappa shape index (κ2) is 8.11. The summed E-state index contributed by atoms with van der Waals surface area (Å²) in [6, 6.07) is 16.4. The fraction of sp³-hybridized carbons (Fsp3) is 0.316. The van der Waals surface area contributed by atoms with Crippen LogP contribution in [-0.4, -0.2) is 32.1 Å². The van der Waals surface area contributed by atoms with Gasteiger partial charge in [0.2, 0.25) is 0 Å². The summed E-state index contributed by atoms with van der Waals surface area (Å²) in [7, 11) is 0. The second-order valence-corrected chi connectivity index (χ2v) is 5.85. The zero-order valence-corrected chi connectivity index (χ0v) is 14.1. The Hall–Kier alpha value is -2.41. The van der Waals surface area contributed by atoms with Crippen LogP contribution in [0.4, 0.5) is 4.79 Å². The molecule has 1 amide bonds. The summed E-state index contributed by atoms with van der Waals surface area (Å²) in [5.74, 6) is 4.96. The van der Waals surface area contributed by atoms with Gasteiger partial charge >= 0.3 is 6.09 Å². The average Bonchev–Trinajstić information content (AvgIpc) is 2.94. The van der Waals surface area contributed by atoms with Crippen molar-refractivity contribution >= 4 is 6.09 Å². The molecule has 3 rings (SSSR count). The summed E-state index contributed by atoms with van der Waals surface area (Å²) in [5.41, 5.74) is 4.76. The third-order valence-corrected chi connectivity index (χ3v) is 4.23. The zero-order valence-electron chi connectivity index (χ0n) is 14.1. The van der Waals surface area contributed by atoms with Crippen LogP contribution in [0.15, 0.2) is 48.5 Å². The van der Waals surface area contributed by atoms with Gasteiger partial charge in [0.15, 0.2) is 0 Å². The first-order valence-corrected chi connectivity index (χ1v) is 8.25. The Kier molecular flexibility index (Phi) is 5.65. The highest BCUT2D eigenvalue weighted by atomic mass is 16.6. The van der Waals surface area contributed by atoms with Crippen molar-refractivity contribution in [2.24, 2.45) is 5.90 Å². The molecule has 3 N–H and O–H groups in total. The minimum Gasteiger partial charge on any atom is -0.448 e. The van der Waals surface area contributed by atoms with Crippen LogP contribution >= 0.6 is 0 Å². The predicted octanol–water partition coefficient (Wildman–Crippen LogP) is 2.78. The topological polar surface area (TPSA) is 82.8 Å². The molecule has 0 saturated carbocycles. The summed E-state index contributed by atoms with van der Waals surface area (Å²) >= 11 is 0. The maximum Gasteiger partial charge on any atom is 0.409 e. The number of hydrogen-bond donors (Lipinski definition) is 2. The summed E-state index contributed by atoms with van der Waals surface area (Å²) < 4.78 is 10.8. The Labute approximate surface area is 146 Å². The SMILES string of the molecule is CC(NC(=O)OCC1c2ccccc2-c2ccccc21)OCCON. The van der Waals surface area contributed by atoms with Crippen LogP contribution in [-0.2, 0) is 14.3 Å². The molecule has 6 heteroatoms. The molecule has 1 aliphatic carbocycles. The molecule has 0 fully saturated rings. The highest BCUT2D eigenvalue weighted by molar-refractivity contribution is 5.79. The predicted molar refractivity (Wildman–Crippen MR) is 93.8 cm³/mol. The molecule has 25 heavy (non-hydrogen) atoms. The Morgan fingerprint density at radius 2 is 1.68 bits per heavy atom. The van der Waals surface area contributed by atoms with Gasteiger partial charge < -0.3 is 14.3 Å². The highest BCUT2D eigenvalue weighted by Gasteiger charge is 2.29. The molecular weight excluding hydrogens is 320 g/mol. The van der Waals surface area contributed by atoms with Gasteiger partial charge in [-0.15, -0.1) is 0 Å². The lowest BCUT2D eigenvalue weighted by molar-refractivity contribution is -0.00242. The van der Waals surface area contributed by atoms with Crippen LogP contribution in [0.1, 0.15) is 24.0 Å². The Balaban J connectivity index is 1.61. The molecule has 0 aliphatic heterocycles. The first kappa shape index (κ1) is 17.4. The smallest absolute Gasteiger partial charge is 0.409 e. The fourth-order valence-electron chi connectivity index (χ4n) is 3.12. The lowest BCUT2D eigenvalue weighted by Gasteiger charge is -2.17. The first-order valence-electron chi connectivity index (χ1n) is 8.25. The van der Waals surface area contributed by atoms with Gasteiger partial charge in [-0.1, -0.05) is 48.5 Å². The largest absolute Gasteiger partial charge is 0.448 e. The van der Waals surface area contributed by atoms with E-state index in [4.69, 9.17) is 15.4 Å². The average molecular weight is 342 g/mol. The molecule has 1 aliphatic rings. The molecule has 6 nitrogen and oxygen atoms in total. The number of rotatable bonds is 7. The maximum atomic E-state index is 12.0. The van der Waals surface area contributed by atoms with Gasteiger partial charge in [0, 0.05) is 5.92 Å². The number of benzene rings is 2. The lowest BCUT2D eigenvalue weighted by atomic mass is 9.98. The summed E-state index contributed by atoms with van der Waals surface area (Å²) in [4.78, 5) is 16.4. The van der Waals surface area contributed by atoms with E-state index in [0.29, 0.717) is 6.61 Å². The van der Waals surface area contributed by atoms with Crippen molar-refractivity contribution in [1.29, 1.82) is 0 Å². The number of nitrogens with one attached hydrogen (secondary N) is 1. The van der Waals surface area contributed by atoms with E-state index < -0.39 is 12.3 Å². The minimum atomic E-state index is -0.511. The summed E-state index contributed by atoms with van der Waals surface area (Å²) in [6.45, 7) is 2.55. The molecule has 1 atom stereocenters. The number of carbonyl (C=O) groups excluding carboxylic acids is 1. The van der Waals surface area contributed by atoms with Gasteiger partial charge in [0.25, 0.3) is 0 Å². The number of alkyl carbamates (subject to hydrolysis) is 1. The van der Waals surface area contributed by atoms with E-state index in [1.54, 1.807) is 6.92 Å². The quantitative estimate of drug-likeness (QED) is 0.459. The lowest BCUT2D eigenvalue weighted by Crippen LogP contribution is -2.36. The molecule has 1 unspecified atom stereocenters. The molecule has 0 bridgehead atoms. The summed E-state index contributed by atoms with van der Waals surface area (Å²) in [6.07, 6.45) is -0.992. The fourth-order valence-corrected chi connectivity index (χ4v) is 3.12. The van der Waals surface area contributed by atoms with Crippen LogP contribution < -0.4 is 11.2 Å². The standard InChI is InChI=1S/C19H22N2O4/c1-13(23-10-11-25-20)21-19(22)24-12-18-16-8-4-2-6-14(16)15-7-3-5-9-17(15)18/h2-9,13,18H,10-12,20H2,1H3,(H,21,22). The van der Waals surface area contributed by atoms with Crippen molar-refractivity contribution in [2.45, 2.75) is 19.1 Å². The molecule has 0 heterocycles. The van der Waals surface area contributed by atoms with E-state index in [9.17, 15) is 4.79 Å². The van der Waals surface area contributed by atoms with Gasteiger partial charge in [-0.2, -0.15) is 0 Å². The van der Waals surface area contributed by atoms with Crippen molar-refractivity contribution in [3.8, 4) is 11.1 Å².